The SMILES string of the molecule is N#CSC(SC#N)([As](c1ccccc1)c1ccccc1)[As](c1ccccc1)c1ccccc1. The summed E-state index contributed by atoms with van der Waals surface area (Å²) in [5.41, 5.74) is 0. The molecule has 4 aromatic carbocycles. The van der Waals surface area contributed by atoms with E-state index in [1.165, 1.54) is 40.9 Å². The first-order chi connectivity index (χ1) is 16.3. The van der Waals surface area contributed by atoms with Crippen molar-refractivity contribution in [1.29, 1.82) is 10.5 Å². The number of hydrogen-bond donors (Lipinski definition) is 0. The molecular weight excluding hydrogens is 566 g/mol. The van der Waals surface area contributed by atoms with Gasteiger partial charge in [-0.15, -0.1) is 0 Å². The van der Waals surface area contributed by atoms with Crippen LogP contribution < -0.4 is 17.4 Å². The van der Waals surface area contributed by atoms with Crippen molar-refractivity contribution in [1.82, 2.24) is 0 Å². The van der Waals surface area contributed by atoms with Crippen LogP contribution >= 0.6 is 23.5 Å². The molecule has 0 aliphatic rings. The van der Waals surface area contributed by atoms with E-state index in [0.29, 0.717) is 0 Å². The fraction of sp³-hybridized carbons (Fsp3) is 0.0370. The van der Waals surface area contributed by atoms with Crippen molar-refractivity contribution in [2.75, 3.05) is 0 Å². The molecule has 0 fully saturated rings. The summed E-state index contributed by atoms with van der Waals surface area (Å²) in [5, 5.41) is 25.2. The van der Waals surface area contributed by atoms with E-state index >= 15 is 0 Å². The predicted molar refractivity (Wildman–Crippen MR) is 145 cm³/mol. The quantitative estimate of drug-likeness (QED) is 0.179. The van der Waals surface area contributed by atoms with Crippen LogP contribution in [0, 0.1) is 21.3 Å². The van der Waals surface area contributed by atoms with E-state index in [-0.39, 0.29) is 0 Å². The molecule has 0 saturated carbocycles. The molecule has 0 aliphatic carbocycles. The van der Waals surface area contributed by atoms with E-state index < -0.39 is 31.0 Å². The Hall–Kier alpha value is -2.32. The van der Waals surface area contributed by atoms with Crippen LogP contribution in [0.15, 0.2) is 121 Å². The summed E-state index contributed by atoms with van der Waals surface area (Å²) >= 11 is -1.73. The molecular formula is C27H20As2N2S2. The minimum atomic E-state index is -2.19. The van der Waals surface area contributed by atoms with Crippen LogP contribution in [0.1, 0.15) is 0 Å². The van der Waals surface area contributed by atoms with Crippen LogP contribution in [0.5, 0.6) is 0 Å². The van der Waals surface area contributed by atoms with Gasteiger partial charge in [0.15, 0.2) is 0 Å². The number of nitriles is 2. The Balaban J connectivity index is 2.06. The average Bonchev–Trinajstić information content (AvgIpc) is 2.87. The summed E-state index contributed by atoms with van der Waals surface area (Å²) < 4.78 is 4.48. The maximum absolute atomic E-state index is 10.2. The first-order valence-electron chi connectivity index (χ1n) is 10.2. The Bertz CT molecular complexity index is 1060. The molecule has 0 unspecified atom stereocenters. The molecule has 0 atom stereocenters. The van der Waals surface area contributed by atoms with Crippen molar-refractivity contribution < 1.29 is 0 Å². The molecule has 0 heterocycles. The second-order valence-electron chi connectivity index (χ2n) is 6.95. The number of hydrogen-bond acceptors (Lipinski definition) is 4. The van der Waals surface area contributed by atoms with Gasteiger partial charge in [-0.1, -0.05) is 0 Å². The standard InChI is InChI=1S/C27H20As2N2S2/c30-21-32-27(33-22-31,28(23-13-5-1-6-14-23)24-15-7-2-8-16-24)29(25-17-9-3-10-18-25)26-19-11-4-12-20-26/h1-20H. The van der Waals surface area contributed by atoms with Gasteiger partial charge in [0.1, 0.15) is 0 Å². The monoisotopic (exact) mass is 586 g/mol. The van der Waals surface area contributed by atoms with Gasteiger partial charge in [-0.25, -0.2) is 0 Å². The van der Waals surface area contributed by atoms with Crippen molar-refractivity contribution in [3.63, 3.8) is 0 Å². The van der Waals surface area contributed by atoms with E-state index in [9.17, 15) is 10.5 Å². The zero-order valence-electron chi connectivity index (χ0n) is 17.7. The molecule has 0 aromatic heterocycles. The molecule has 33 heavy (non-hydrogen) atoms. The Morgan fingerprint density at radius 2 is 0.697 bits per heavy atom. The Morgan fingerprint density at radius 3 is 0.909 bits per heavy atom. The minimum absolute atomic E-state index is 0.547. The first-order valence-corrected chi connectivity index (χ1v) is 17.5. The van der Waals surface area contributed by atoms with E-state index in [2.05, 4.69) is 108 Å². The summed E-state index contributed by atoms with van der Waals surface area (Å²) in [7, 11) is 0. The summed E-state index contributed by atoms with van der Waals surface area (Å²) in [5.74, 6) is 0. The number of thioether (sulfide) groups is 2. The van der Waals surface area contributed by atoms with Gasteiger partial charge in [0.05, 0.1) is 0 Å². The second kappa shape index (κ2) is 11.7. The summed E-state index contributed by atoms with van der Waals surface area (Å²) in [4.78, 5) is 0. The third-order valence-electron chi connectivity index (χ3n) is 4.98. The van der Waals surface area contributed by atoms with Gasteiger partial charge >= 0.3 is 215 Å². The molecule has 4 aromatic rings. The molecule has 0 saturated heterocycles. The Labute approximate surface area is 213 Å². The summed E-state index contributed by atoms with van der Waals surface area (Å²) in [6.07, 6.45) is 0. The van der Waals surface area contributed by atoms with Crippen molar-refractivity contribution in [3.8, 4) is 10.8 Å². The third kappa shape index (κ3) is 5.27. The molecule has 0 amide bonds. The fourth-order valence-corrected chi connectivity index (χ4v) is 28.0. The van der Waals surface area contributed by atoms with Gasteiger partial charge in [-0.2, -0.15) is 0 Å². The van der Waals surface area contributed by atoms with E-state index in [4.69, 9.17) is 0 Å². The normalized spacial score (nSPS) is 11.2. The summed E-state index contributed by atoms with van der Waals surface area (Å²) in [6, 6.07) is 42.1. The summed E-state index contributed by atoms with van der Waals surface area (Å²) in [6.45, 7) is 0. The van der Waals surface area contributed by atoms with Crippen LogP contribution in [-0.4, -0.2) is 31.0 Å². The van der Waals surface area contributed by atoms with Gasteiger partial charge in [0.25, 0.3) is 0 Å². The van der Waals surface area contributed by atoms with Gasteiger partial charge in [-0.05, 0) is 0 Å². The molecule has 2 nitrogen and oxygen atoms in total. The number of nitrogens with zero attached hydrogens (tertiary/aromatic N) is 2. The van der Waals surface area contributed by atoms with Crippen LogP contribution in [-0.2, 0) is 0 Å². The van der Waals surface area contributed by atoms with Crippen molar-refractivity contribution >= 4 is 70.2 Å². The van der Waals surface area contributed by atoms with Crippen molar-refractivity contribution in [3.05, 3.63) is 121 Å². The van der Waals surface area contributed by atoms with E-state index in [1.54, 1.807) is 0 Å². The second-order valence-corrected chi connectivity index (χ2v) is 23.5. The zero-order valence-corrected chi connectivity index (χ0v) is 23.0. The van der Waals surface area contributed by atoms with E-state index in [0.717, 1.165) is 0 Å². The van der Waals surface area contributed by atoms with Crippen LogP contribution in [0.2, 0.25) is 0 Å². The molecule has 4 rings (SSSR count). The topological polar surface area (TPSA) is 47.6 Å². The number of thiocyanates is 2. The van der Waals surface area contributed by atoms with Gasteiger partial charge in [0, 0.05) is 0 Å². The van der Waals surface area contributed by atoms with Crippen molar-refractivity contribution in [2.45, 2.75) is 1.65 Å². The molecule has 6 heteroatoms. The third-order valence-corrected chi connectivity index (χ3v) is 25.9. The Kier molecular flexibility index (Phi) is 8.44. The van der Waals surface area contributed by atoms with Gasteiger partial charge < -0.3 is 0 Å². The molecule has 0 spiro atoms. The molecule has 0 aliphatic heterocycles. The van der Waals surface area contributed by atoms with Crippen molar-refractivity contribution in [2.24, 2.45) is 0 Å². The Morgan fingerprint density at radius 1 is 0.455 bits per heavy atom. The fourth-order valence-electron chi connectivity index (χ4n) is 3.68. The molecule has 0 bridgehead atoms. The maximum atomic E-state index is 10.2. The zero-order chi connectivity index (χ0) is 22.9. The van der Waals surface area contributed by atoms with Crippen LogP contribution in [0.25, 0.3) is 0 Å². The van der Waals surface area contributed by atoms with Gasteiger partial charge in [-0.3, -0.25) is 0 Å². The molecule has 0 N–H and O–H groups in total. The van der Waals surface area contributed by atoms with Crippen LogP contribution in [0.4, 0.5) is 0 Å². The number of benzene rings is 4. The number of rotatable bonds is 8. The average molecular weight is 586 g/mol. The molecule has 160 valence electrons. The van der Waals surface area contributed by atoms with E-state index in [1.807, 2.05) is 24.3 Å². The van der Waals surface area contributed by atoms with Gasteiger partial charge in [0.2, 0.25) is 0 Å². The first kappa shape index (κ1) is 23.8. The predicted octanol–water partition coefficient (Wildman–Crippen LogP) is 3.81. The molecule has 0 radical (unpaired) electrons. The van der Waals surface area contributed by atoms with Crippen LogP contribution in [0.3, 0.4) is 0 Å².